The molecule has 0 unspecified atom stereocenters. The predicted molar refractivity (Wildman–Crippen MR) is 48.0 cm³/mol. The normalized spacial score (nSPS) is 17.6. The van der Waals surface area contributed by atoms with Gasteiger partial charge in [-0.1, -0.05) is 25.0 Å². The highest BCUT2D eigenvalue weighted by Crippen LogP contribution is 2.32. The molecule has 0 radical (unpaired) electrons. The maximum atomic E-state index is 10.5. The Balaban J connectivity index is 2.70. The summed E-state index contributed by atoms with van der Waals surface area (Å²) in [5.74, 6) is -0.160. The molecule has 0 amide bonds. The average Bonchev–Trinajstić information content (AvgIpc) is 2.33. The van der Waals surface area contributed by atoms with Gasteiger partial charge < -0.3 is 5.11 Å². The van der Waals surface area contributed by atoms with Crippen molar-refractivity contribution in [1.82, 2.24) is 0 Å². The van der Waals surface area contributed by atoms with Gasteiger partial charge in [0.05, 0.1) is 6.42 Å². The van der Waals surface area contributed by atoms with Crippen LogP contribution in [-0.4, -0.2) is 11.1 Å². The number of carboxylic acids is 1. The van der Waals surface area contributed by atoms with Gasteiger partial charge in [0.25, 0.3) is 0 Å². The van der Waals surface area contributed by atoms with Crippen LogP contribution < -0.4 is 0 Å². The quantitative estimate of drug-likeness (QED) is 0.658. The van der Waals surface area contributed by atoms with Crippen molar-refractivity contribution >= 4 is 5.97 Å². The van der Waals surface area contributed by atoms with E-state index in [4.69, 9.17) is 5.11 Å². The molecule has 0 heterocycles. The van der Waals surface area contributed by atoms with E-state index in [9.17, 15) is 4.79 Å². The van der Waals surface area contributed by atoms with Crippen molar-refractivity contribution in [3.8, 4) is 0 Å². The van der Waals surface area contributed by atoms with Gasteiger partial charge in [-0.3, -0.25) is 4.79 Å². The van der Waals surface area contributed by atoms with Crippen LogP contribution in [0.5, 0.6) is 0 Å². The molecule has 0 aromatic heterocycles. The molecule has 0 aliphatic heterocycles. The van der Waals surface area contributed by atoms with Crippen LogP contribution >= 0.6 is 0 Å². The summed E-state index contributed by atoms with van der Waals surface area (Å²) >= 11 is 0. The van der Waals surface area contributed by atoms with Gasteiger partial charge in [-0.25, -0.2) is 0 Å². The third-order valence-electron chi connectivity index (χ3n) is 2.44. The highest BCUT2D eigenvalue weighted by Gasteiger charge is 2.18. The smallest absolute Gasteiger partial charge is 0.307 e. The summed E-state index contributed by atoms with van der Waals surface area (Å²) in [6.45, 7) is 4.28. The van der Waals surface area contributed by atoms with Crippen LogP contribution in [0.25, 0.3) is 0 Å². The SMILES string of the molecule is CC(C)C1=C(CC(=O)O)CCC1. The number of carboxylic acid groups (broad SMARTS) is 1. The van der Waals surface area contributed by atoms with Crippen LogP contribution in [0.15, 0.2) is 11.1 Å². The second kappa shape index (κ2) is 3.74. The maximum Gasteiger partial charge on any atom is 0.307 e. The molecule has 68 valence electrons. The Labute approximate surface area is 73.3 Å². The topological polar surface area (TPSA) is 37.3 Å². The molecule has 2 nitrogen and oxygen atoms in total. The standard InChI is InChI=1S/C10H16O2/c1-7(2)9-5-3-4-8(9)6-10(11)12/h7H,3-6H2,1-2H3,(H,11,12). The molecule has 0 spiro atoms. The summed E-state index contributed by atoms with van der Waals surface area (Å²) in [7, 11) is 0. The van der Waals surface area contributed by atoms with E-state index in [2.05, 4.69) is 13.8 Å². The van der Waals surface area contributed by atoms with Gasteiger partial charge in [0, 0.05) is 0 Å². The molecule has 2 heteroatoms. The van der Waals surface area contributed by atoms with Gasteiger partial charge in [-0.2, -0.15) is 0 Å². The zero-order chi connectivity index (χ0) is 9.14. The van der Waals surface area contributed by atoms with Crippen molar-refractivity contribution < 1.29 is 9.90 Å². The van der Waals surface area contributed by atoms with Crippen molar-refractivity contribution in [1.29, 1.82) is 0 Å². The monoisotopic (exact) mass is 168 g/mol. The molecule has 1 aliphatic carbocycles. The first kappa shape index (κ1) is 9.30. The van der Waals surface area contributed by atoms with Gasteiger partial charge in [0.1, 0.15) is 0 Å². The molecular formula is C10H16O2. The molecule has 1 aliphatic rings. The summed E-state index contributed by atoms with van der Waals surface area (Å²) in [5, 5.41) is 8.64. The third-order valence-corrected chi connectivity index (χ3v) is 2.44. The van der Waals surface area contributed by atoms with E-state index in [1.54, 1.807) is 0 Å². The molecule has 0 bridgehead atoms. The second-order valence-corrected chi connectivity index (χ2v) is 3.71. The molecule has 0 aromatic carbocycles. The molecule has 12 heavy (non-hydrogen) atoms. The van der Waals surface area contributed by atoms with Crippen LogP contribution in [0, 0.1) is 5.92 Å². The Morgan fingerprint density at radius 2 is 2.17 bits per heavy atom. The first-order chi connectivity index (χ1) is 5.61. The number of hydrogen-bond acceptors (Lipinski definition) is 1. The maximum absolute atomic E-state index is 10.5. The van der Waals surface area contributed by atoms with Gasteiger partial charge in [-0.05, 0) is 25.2 Å². The lowest BCUT2D eigenvalue weighted by Crippen LogP contribution is -2.00. The van der Waals surface area contributed by atoms with Crippen LogP contribution in [0.2, 0.25) is 0 Å². The molecular weight excluding hydrogens is 152 g/mol. The molecule has 0 fully saturated rings. The number of allylic oxidation sites excluding steroid dienone is 1. The summed E-state index contributed by atoms with van der Waals surface area (Å²) in [5.41, 5.74) is 2.56. The van der Waals surface area contributed by atoms with Crippen molar-refractivity contribution in [2.24, 2.45) is 5.92 Å². The van der Waals surface area contributed by atoms with E-state index in [-0.39, 0.29) is 6.42 Å². The Morgan fingerprint density at radius 3 is 2.67 bits per heavy atom. The molecule has 0 saturated carbocycles. The Bertz CT molecular complexity index is 214. The first-order valence-corrected chi connectivity index (χ1v) is 4.54. The number of rotatable bonds is 3. The Hall–Kier alpha value is -0.790. The number of hydrogen-bond donors (Lipinski definition) is 1. The highest BCUT2D eigenvalue weighted by molar-refractivity contribution is 5.70. The first-order valence-electron chi connectivity index (χ1n) is 4.54. The van der Waals surface area contributed by atoms with Crippen LogP contribution in [-0.2, 0) is 4.79 Å². The van der Waals surface area contributed by atoms with Gasteiger partial charge in [0.2, 0.25) is 0 Å². The van der Waals surface area contributed by atoms with Crippen LogP contribution in [0.4, 0.5) is 0 Å². The van der Waals surface area contributed by atoms with Crippen molar-refractivity contribution in [3.63, 3.8) is 0 Å². The summed E-state index contributed by atoms with van der Waals surface area (Å²) in [6.07, 6.45) is 3.52. The van der Waals surface area contributed by atoms with E-state index in [1.807, 2.05) is 0 Å². The van der Waals surface area contributed by atoms with Crippen molar-refractivity contribution in [2.45, 2.75) is 39.5 Å². The fourth-order valence-electron chi connectivity index (χ4n) is 1.91. The minimum absolute atomic E-state index is 0.257. The second-order valence-electron chi connectivity index (χ2n) is 3.71. The number of carbonyl (C=O) groups is 1. The van der Waals surface area contributed by atoms with Crippen molar-refractivity contribution in [3.05, 3.63) is 11.1 Å². The lowest BCUT2D eigenvalue weighted by Gasteiger charge is -2.08. The van der Waals surface area contributed by atoms with Crippen LogP contribution in [0.1, 0.15) is 39.5 Å². The molecule has 1 N–H and O–H groups in total. The van der Waals surface area contributed by atoms with E-state index in [0.29, 0.717) is 5.92 Å². The van der Waals surface area contributed by atoms with E-state index in [1.165, 1.54) is 11.1 Å². The highest BCUT2D eigenvalue weighted by atomic mass is 16.4. The lowest BCUT2D eigenvalue weighted by molar-refractivity contribution is -0.136. The fourth-order valence-corrected chi connectivity index (χ4v) is 1.91. The fraction of sp³-hybridized carbons (Fsp3) is 0.700. The summed E-state index contributed by atoms with van der Waals surface area (Å²) in [4.78, 5) is 10.5. The van der Waals surface area contributed by atoms with Gasteiger partial charge in [-0.15, -0.1) is 0 Å². The van der Waals surface area contributed by atoms with E-state index < -0.39 is 5.97 Å². The average molecular weight is 168 g/mol. The zero-order valence-corrected chi connectivity index (χ0v) is 7.76. The van der Waals surface area contributed by atoms with Crippen LogP contribution in [0.3, 0.4) is 0 Å². The predicted octanol–water partition coefficient (Wildman–Crippen LogP) is 2.60. The molecule has 0 atom stereocenters. The number of aliphatic carboxylic acids is 1. The van der Waals surface area contributed by atoms with Gasteiger partial charge >= 0.3 is 5.97 Å². The van der Waals surface area contributed by atoms with E-state index >= 15 is 0 Å². The summed E-state index contributed by atoms with van der Waals surface area (Å²) < 4.78 is 0. The largest absolute Gasteiger partial charge is 0.481 e. The Kier molecular flexibility index (Phi) is 2.90. The molecule has 1 rings (SSSR count). The Morgan fingerprint density at radius 1 is 1.50 bits per heavy atom. The third kappa shape index (κ3) is 2.10. The lowest BCUT2D eigenvalue weighted by atomic mass is 9.98. The summed E-state index contributed by atoms with van der Waals surface area (Å²) in [6, 6.07) is 0. The minimum atomic E-state index is -0.690. The molecule has 0 aromatic rings. The molecule has 0 saturated heterocycles. The van der Waals surface area contributed by atoms with Gasteiger partial charge in [0.15, 0.2) is 0 Å². The van der Waals surface area contributed by atoms with Crippen molar-refractivity contribution in [2.75, 3.05) is 0 Å². The zero-order valence-electron chi connectivity index (χ0n) is 7.76. The minimum Gasteiger partial charge on any atom is -0.481 e. The van der Waals surface area contributed by atoms with E-state index in [0.717, 1.165) is 19.3 Å².